The minimum absolute atomic E-state index is 0.101. The van der Waals surface area contributed by atoms with E-state index in [1.165, 1.54) is 0 Å². The number of hydrogen-bond donors (Lipinski definition) is 1. The van der Waals surface area contributed by atoms with Crippen LogP contribution in [0.15, 0.2) is 59.5 Å². The van der Waals surface area contributed by atoms with Crippen molar-refractivity contribution in [1.82, 2.24) is 14.3 Å². The highest BCUT2D eigenvalue weighted by atomic mass is 16.7. The Kier molecular flexibility index (Phi) is 3.61. The van der Waals surface area contributed by atoms with Crippen LogP contribution in [0.4, 0.5) is 0 Å². The van der Waals surface area contributed by atoms with Gasteiger partial charge < -0.3 is 23.8 Å². The number of nitrogens with zero attached hydrogens (tertiary/aromatic N) is 2. The van der Waals surface area contributed by atoms with E-state index in [4.69, 9.17) is 9.47 Å². The summed E-state index contributed by atoms with van der Waals surface area (Å²) in [5.41, 5.74) is 3.49. The minimum Gasteiger partial charge on any atom is -0.454 e. The van der Waals surface area contributed by atoms with Crippen LogP contribution in [0.5, 0.6) is 11.5 Å². The molecule has 0 saturated carbocycles. The zero-order chi connectivity index (χ0) is 19.3. The van der Waals surface area contributed by atoms with E-state index in [2.05, 4.69) is 5.32 Å². The molecule has 140 valence electrons. The fraction of sp³-hybridized carbons (Fsp3) is 0.143. The van der Waals surface area contributed by atoms with Crippen molar-refractivity contribution in [2.45, 2.75) is 6.54 Å². The standard InChI is InChI=1S/C21H17N3O4/c1-23-17-10-14(5-6-15(17)24-8-2-3-16(24)21(23)26)20(25)22-11-13-4-7-18-19(9-13)28-12-27-18/h2-10H,11-12H2,1H3,(H,22,25). The minimum atomic E-state index is -0.209. The number of fused-ring (bicyclic) bond motifs is 4. The van der Waals surface area contributed by atoms with E-state index in [1.54, 1.807) is 29.8 Å². The molecule has 7 nitrogen and oxygen atoms in total. The molecule has 2 aromatic carbocycles. The predicted octanol–water partition coefficient (Wildman–Crippen LogP) is 2.45. The summed E-state index contributed by atoms with van der Waals surface area (Å²) in [4.78, 5) is 25.2. The van der Waals surface area contributed by atoms with Crippen molar-refractivity contribution in [3.63, 3.8) is 0 Å². The lowest BCUT2D eigenvalue weighted by atomic mass is 10.1. The Bertz CT molecular complexity index is 1300. The van der Waals surface area contributed by atoms with Crippen LogP contribution in [0.3, 0.4) is 0 Å². The maximum absolute atomic E-state index is 12.6. The van der Waals surface area contributed by atoms with Gasteiger partial charge in [-0.1, -0.05) is 6.07 Å². The Morgan fingerprint density at radius 2 is 1.89 bits per heavy atom. The maximum Gasteiger partial charge on any atom is 0.275 e. The molecule has 5 rings (SSSR count). The highest BCUT2D eigenvalue weighted by molar-refractivity contribution is 5.97. The molecule has 28 heavy (non-hydrogen) atoms. The molecule has 7 heteroatoms. The number of nitrogens with one attached hydrogen (secondary N) is 1. The van der Waals surface area contributed by atoms with Gasteiger partial charge >= 0.3 is 0 Å². The normalized spacial score (nSPS) is 12.6. The van der Waals surface area contributed by atoms with Crippen LogP contribution < -0.4 is 20.3 Å². The van der Waals surface area contributed by atoms with Crippen molar-refractivity contribution in [2.75, 3.05) is 6.79 Å². The highest BCUT2D eigenvalue weighted by Gasteiger charge is 2.15. The summed E-state index contributed by atoms with van der Waals surface area (Å²) in [5, 5.41) is 2.91. The topological polar surface area (TPSA) is 74.0 Å². The van der Waals surface area contributed by atoms with E-state index in [-0.39, 0.29) is 18.3 Å². The average molecular weight is 375 g/mol. The second-order valence-electron chi connectivity index (χ2n) is 6.70. The number of rotatable bonds is 3. The molecular weight excluding hydrogens is 358 g/mol. The predicted molar refractivity (Wildman–Crippen MR) is 104 cm³/mol. The third-order valence-electron chi connectivity index (χ3n) is 5.02. The van der Waals surface area contributed by atoms with Crippen LogP contribution in [0.1, 0.15) is 15.9 Å². The van der Waals surface area contributed by atoms with Crippen molar-refractivity contribution < 1.29 is 14.3 Å². The number of hydrogen-bond acceptors (Lipinski definition) is 4. The first-order valence-electron chi connectivity index (χ1n) is 8.88. The summed E-state index contributed by atoms with van der Waals surface area (Å²) in [6, 6.07) is 14.6. The molecule has 0 radical (unpaired) electrons. The molecule has 1 aliphatic heterocycles. The molecule has 0 aliphatic carbocycles. The van der Waals surface area contributed by atoms with E-state index in [0.717, 1.165) is 11.1 Å². The van der Waals surface area contributed by atoms with Gasteiger partial charge in [0.2, 0.25) is 6.79 Å². The first kappa shape index (κ1) is 16.4. The van der Waals surface area contributed by atoms with Gasteiger partial charge in [-0.25, -0.2) is 0 Å². The number of amides is 1. The van der Waals surface area contributed by atoms with Gasteiger partial charge in [-0.2, -0.15) is 0 Å². The lowest BCUT2D eigenvalue weighted by molar-refractivity contribution is 0.0951. The summed E-state index contributed by atoms with van der Waals surface area (Å²) >= 11 is 0. The van der Waals surface area contributed by atoms with E-state index in [0.29, 0.717) is 34.6 Å². The Morgan fingerprint density at radius 1 is 1.04 bits per heavy atom. The Morgan fingerprint density at radius 3 is 2.79 bits per heavy atom. The van der Waals surface area contributed by atoms with Gasteiger partial charge in [0, 0.05) is 25.4 Å². The van der Waals surface area contributed by atoms with Crippen molar-refractivity contribution in [2.24, 2.45) is 7.05 Å². The molecule has 0 spiro atoms. The van der Waals surface area contributed by atoms with Gasteiger partial charge in [-0.15, -0.1) is 0 Å². The second-order valence-corrected chi connectivity index (χ2v) is 6.70. The molecule has 0 bridgehead atoms. The molecule has 0 fully saturated rings. The van der Waals surface area contributed by atoms with Gasteiger partial charge in [-0.3, -0.25) is 9.59 Å². The lowest BCUT2D eigenvalue weighted by Crippen LogP contribution is -2.24. The maximum atomic E-state index is 12.6. The largest absolute Gasteiger partial charge is 0.454 e. The van der Waals surface area contributed by atoms with Gasteiger partial charge in [0.1, 0.15) is 5.52 Å². The van der Waals surface area contributed by atoms with E-state index >= 15 is 0 Å². The van der Waals surface area contributed by atoms with Gasteiger partial charge in [0.15, 0.2) is 11.5 Å². The van der Waals surface area contributed by atoms with E-state index in [1.807, 2.05) is 40.9 Å². The molecule has 1 N–H and O–H groups in total. The first-order valence-corrected chi connectivity index (χ1v) is 8.88. The van der Waals surface area contributed by atoms with Crippen LogP contribution in [-0.4, -0.2) is 21.7 Å². The van der Waals surface area contributed by atoms with Crippen LogP contribution in [0, 0.1) is 0 Å². The summed E-state index contributed by atoms with van der Waals surface area (Å²) < 4.78 is 14.1. The van der Waals surface area contributed by atoms with Crippen LogP contribution in [0.2, 0.25) is 0 Å². The molecule has 1 aliphatic rings. The Balaban J connectivity index is 1.44. The van der Waals surface area contributed by atoms with Crippen molar-refractivity contribution in [1.29, 1.82) is 0 Å². The summed E-state index contributed by atoms with van der Waals surface area (Å²) in [5.74, 6) is 1.18. The number of carbonyl (C=O) groups is 1. The summed E-state index contributed by atoms with van der Waals surface area (Å²) in [6.07, 6.45) is 1.85. The number of aromatic nitrogens is 2. The third kappa shape index (κ3) is 2.51. The van der Waals surface area contributed by atoms with E-state index < -0.39 is 0 Å². The fourth-order valence-electron chi connectivity index (χ4n) is 3.52. The smallest absolute Gasteiger partial charge is 0.275 e. The number of benzene rings is 2. The van der Waals surface area contributed by atoms with Gasteiger partial charge in [0.05, 0.1) is 11.0 Å². The zero-order valence-corrected chi connectivity index (χ0v) is 15.1. The summed E-state index contributed by atoms with van der Waals surface area (Å²) in [6.45, 7) is 0.582. The molecule has 3 heterocycles. The van der Waals surface area contributed by atoms with Crippen molar-refractivity contribution in [3.8, 4) is 11.5 Å². The molecule has 4 aromatic rings. The molecule has 0 saturated heterocycles. The molecular formula is C21H17N3O4. The lowest BCUT2D eigenvalue weighted by Gasteiger charge is -2.11. The monoisotopic (exact) mass is 375 g/mol. The SMILES string of the molecule is Cn1c(=O)c2cccn2c2ccc(C(=O)NCc3ccc4c(c3)OCO4)cc21. The second kappa shape index (κ2) is 6.16. The van der Waals surface area contributed by atoms with Crippen LogP contribution >= 0.6 is 0 Å². The van der Waals surface area contributed by atoms with Gasteiger partial charge in [0.25, 0.3) is 11.5 Å². The Labute approximate surface area is 159 Å². The van der Waals surface area contributed by atoms with Crippen LogP contribution in [-0.2, 0) is 13.6 Å². The molecule has 0 unspecified atom stereocenters. The average Bonchev–Trinajstić information content (AvgIpc) is 3.39. The quantitative estimate of drug-likeness (QED) is 0.597. The molecule has 2 aromatic heterocycles. The fourth-order valence-corrected chi connectivity index (χ4v) is 3.52. The van der Waals surface area contributed by atoms with Crippen LogP contribution in [0.25, 0.3) is 16.6 Å². The van der Waals surface area contributed by atoms with Crippen molar-refractivity contribution >= 4 is 22.5 Å². The molecule has 1 amide bonds. The number of ether oxygens (including phenoxy) is 2. The summed E-state index contributed by atoms with van der Waals surface area (Å²) in [7, 11) is 1.71. The first-order chi connectivity index (χ1) is 13.6. The zero-order valence-electron chi connectivity index (χ0n) is 15.1. The van der Waals surface area contributed by atoms with Gasteiger partial charge in [-0.05, 0) is 48.0 Å². The van der Waals surface area contributed by atoms with Crippen molar-refractivity contribution in [3.05, 3.63) is 76.2 Å². The molecule has 0 atom stereocenters. The van der Waals surface area contributed by atoms with E-state index in [9.17, 15) is 9.59 Å². The number of aryl methyl sites for hydroxylation is 1. The number of carbonyl (C=O) groups excluding carboxylic acids is 1. The highest BCUT2D eigenvalue weighted by Crippen LogP contribution is 2.32. The Hall–Kier alpha value is -3.74. The third-order valence-corrected chi connectivity index (χ3v) is 5.02.